The van der Waals surface area contributed by atoms with Crippen LogP contribution in [0.25, 0.3) is 5.32 Å². The molecule has 0 saturated carbocycles. The third kappa shape index (κ3) is 10.5. The number of nitrogens with one attached hydrogen (secondary N) is 1. The molecule has 5 rings (SSSR count). The van der Waals surface area contributed by atoms with Crippen LogP contribution < -0.4 is 80.5 Å². The number of ether oxygens (including phenoxy) is 4. The number of nitrogens with zero attached hydrogens (tertiary/aromatic N) is 4. The van der Waals surface area contributed by atoms with Gasteiger partial charge in [-0.3, -0.25) is 0 Å². The van der Waals surface area contributed by atoms with Crippen LogP contribution in [0.3, 0.4) is 0 Å². The number of hydrogen-bond donors (Lipinski definition) is 1. The van der Waals surface area contributed by atoms with E-state index < -0.39 is 0 Å². The van der Waals surface area contributed by atoms with Gasteiger partial charge in [0.05, 0.1) is 21.3 Å². The van der Waals surface area contributed by atoms with E-state index in [1.165, 1.54) is 19.3 Å². The Morgan fingerprint density at radius 3 is 2.19 bits per heavy atom. The van der Waals surface area contributed by atoms with Gasteiger partial charge in [-0.25, -0.2) is 4.98 Å². The topological polar surface area (TPSA) is 92.1 Å². The first-order valence-electron chi connectivity index (χ1n) is 13.8. The quantitative estimate of drug-likeness (QED) is 0.248. The molecule has 1 N–H and O–H groups in total. The number of benzene rings is 3. The second-order valence-electron chi connectivity index (χ2n) is 9.50. The van der Waals surface area contributed by atoms with Gasteiger partial charge in [0.1, 0.15) is 17.3 Å². The normalized spacial score (nSPS) is 12.3. The molecular formula is C32H37ClKN5O4. The maximum atomic E-state index is 5.81. The predicted octanol–water partition coefficient (Wildman–Crippen LogP) is 4.88. The summed E-state index contributed by atoms with van der Waals surface area (Å²) in [6, 6.07) is 20.8. The molecule has 2 heterocycles. The predicted molar refractivity (Wildman–Crippen MR) is 168 cm³/mol. The van der Waals surface area contributed by atoms with Crippen LogP contribution in [-0.4, -0.2) is 51.4 Å². The average Bonchev–Trinajstić information content (AvgIpc) is 3.03. The summed E-state index contributed by atoms with van der Waals surface area (Å²) in [5, 5.41) is 8.02. The number of hydrogen-bond acceptors (Lipinski definition) is 8. The van der Waals surface area contributed by atoms with E-state index >= 15 is 0 Å². The Hall–Kier alpha value is -2.57. The summed E-state index contributed by atoms with van der Waals surface area (Å²) >= 11 is 5.81. The van der Waals surface area contributed by atoms with Crippen molar-refractivity contribution < 1.29 is 70.3 Å². The van der Waals surface area contributed by atoms with Crippen LogP contribution in [-0.2, 0) is 6.54 Å². The maximum absolute atomic E-state index is 5.81. The third-order valence-electron chi connectivity index (χ3n) is 6.53. The molecule has 222 valence electrons. The van der Waals surface area contributed by atoms with Crippen molar-refractivity contribution in [2.45, 2.75) is 25.8 Å². The van der Waals surface area contributed by atoms with Crippen molar-refractivity contribution in [1.29, 1.82) is 0 Å². The van der Waals surface area contributed by atoms with Crippen LogP contribution in [0.1, 0.15) is 24.8 Å². The van der Waals surface area contributed by atoms with E-state index in [9.17, 15) is 0 Å². The van der Waals surface area contributed by atoms with Gasteiger partial charge >= 0.3 is 51.4 Å². The zero-order valence-electron chi connectivity index (χ0n) is 25.5. The number of anilines is 3. The number of piperidine rings is 1. The van der Waals surface area contributed by atoms with Crippen LogP contribution in [0.2, 0.25) is 5.02 Å². The second kappa shape index (κ2) is 18.3. The Morgan fingerprint density at radius 1 is 0.860 bits per heavy atom. The van der Waals surface area contributed by atoms with Crippen molar-refractivity contribution in [2.24, 2.45) is 0 Å². The zero-order valence-corrected chi connectivity index (χ0v) is 29.3. The van der Waals surface area contributed by atoms with Crippen molar-refractivity contribution in [3.63, 3.8) is 0 Å². The maximum Gasteiger partial charge on any atom is 1.00 e. The third-order valence-corrected chi connectivity index (χ3v) is 6.78. The van der Waals surface area contributed by atoms with Crippen molar-refractivity contribution in [3.05, 3.63) is 88.8 Å². The van der Waals surface area contributed by atoms with Gasteiger partial charge in [0.15, 0.2) is 11.5 Å². The minimum atomic E-state index is 0. The van der Waals surface area contributed by atoms with Crippen molar-refractivity contribution in [3.8, 4) is 28.7 Å². The average molecular weight is 630 g/mol. The molecule has 0 amide bonds. The molecule has 1 saturated heterocycles. The summed E-state index contributed by atoms with van der Waals surface area (Å²) in [5.41, 5.74) is 1.91. The van der Waals surface area contributed by atoms with E-state index in [0.29, 0.717) is 34.8 Å². The molecule has 1 aliphatic rings. The standard InChI is InChI=1S/C18H24N4O3.C14H13ClNO.K/c1-23-14-11-13(12-15(24-2)17(14)25-3)20-18-19-8-7-16(21-18)22-9-5-4-6-10-22;1-16-10-11-3-2-4-14(9-11)17-13-7-5-12(15)6-8-13;/h7-8,11-12H,4-6,9-10H2,1-3H3,(H,19,20,21);2-9H,10H2,1H3;/q;-1;+1. The smallest absolute Gasteiger partial charge is 0.661 e. The van der Waals surface area contributed by atoms with Gasteiger partial charge in [-0.2, -0.15) is 12.0 Å². The van der Waals surface area contributed by atoms with Crippen LogP contribution in [0, 0.1) is 0 Å². The van der Waals surface area contributed by atoms with E-state index in [-0.39, 0.29) is 51.4 Å². The van der Waals surface area contributed by atoms with Crippen LogP contribution >= 0.6 is 11.6 Å². The van der Waals surface area contributed by atoms with Crippen LogP contribution in [0.15, 0.2) is 72.9 Å². The molecule has 1 fully saturated rings. The largest absolute Gasteiger partial charge is 1.00 e. The summed E-state index contributed by atoms with van der Waals surface area (Å²) in [6.07, 6.45) is 5.48. The molecule has 1 aromatic heterocycles. The summed E-state index contributed by atoms with van der Waals surface area (Å²) in [7, 11) is 6.56. The molecule has 0 aliphatic carbocycles. The Kier molecular flexibility index (Phi) is 14.8. The molecule has 1 aliphatic heterocycles. The molecule has 9 nitrogen and oxygen atoms in total. The number of methoxy groups -OCH3 is 3. The van der Waals surface area contributed by atoms with E-state index in [4.69, 9.17) is 30.5 Å². The van der Waals surface area contributed by atoms with Crippen molar-refractivity contribution >= 4 is 29.1 Å². The van der Waals surface area contributed by atoms with Crippen molar-refractivity contribution in [2.75, 3.05) is 51.7 Å². The van der Waals surface area contributed by atoms with E-state index in [2.05, 4.69) is 25.5 Å². The molecular weight excluding hydrogens is 593 g/mol. The first-order chi connectivity index (χ1) is 20.5. The van der Waals surface area contributed by atoms with Crippen LogP contribution in [0.5, 0.6) is 28.7 Å². The monoisotopic (exact) mass is 629 g/mol. The fourth-order valence-electron chi connectivity index (χ4n) is 4.52. The summed E-state index contributed by atoms with van der Waals surface area (Å²) < 4.78 is 21.8. The summed E-state index contributed by atoms with van der Waals surface area (Å²) in [5.74, 6) is 4.79. The summed E-state index contributed by atoms with van der Waals surface area (Å²) in [6.45, 7) is 2.79. The fourth-order valence-corrected chi connectivity index (χ4v) is 4.65. The van der Waals surface area contributed by atoms with Gasteiger partial charge in [0.2, 0.25) is 11.7 Å². The minimum Gasteiger partial charge on any atom is -0.661 e. The SMILES string of the molecule is COc1cc(Nc2nccc(N3CCCCC3)n2)cc(OC)c1OC.C[N-]Cc1cccc(Oc2ccc(Cl)cc2)c1.[K+]. The Balaban J connectivity index is 0.000000247. The van der Waals surface area contributed by atoms with Gasteiger partial charge in [-0.05, 0) is 61.7 Å². The molecule has 0 radical (unpaired) electrons. The number of halogens is 1. The first kappa shape index (κ1) is 34.9. The van der Waals surface area contributed by atoms with E-state index in [0.717, 1.165) is 41.7 Å². The van der Waals surface area contributed by atoms with Gasteiger partial charge in [0.25, 0.3) is 0 Å². The fraction of sp³-hybridized carbons (Fsp3) is 0.312. The summed E-state index contributed by atoms with van der Waals surface area (Å²) in [4.78, 5) is 11.3. The van der Waals surface area contributed by atoms with E-state index in [1.54, 1.807) is 34.6 Å². The van der Waals surface area contributed by atoms with Gasteiger partial charge in [-0.15, -0.1) is 6.54 Å². The molecule has 3 aromatic carbocycles. The van der Waals surface area contributed by atoms with Crippen molar-refractivity contribution in [1.82, 2.24) is 9.97 Å². The van der Waals surface area contributed by atoms with Gasteiger partial charge in [0, 0.05) is 42.1 Å². The molecule has 0 bridgehead atoms. The second-order valence-corrected chi connectivity index (χ2v) is 9.94. The zero-order chi connectivity index (χ0) is 29.7. The number of aromatic nitrogens is 2. The molecule has 0 spiro atoms. The Morgan fingerprint density at radius 2 is 1.56 bits per heavy atom. The van der Waals surface area contributed by atoms with Gasteiger partial charge < -0.3 is 34.5 Å². The molecule has 11 heteroatoms. The number of rotatable bonds is 10. The minimum absolute atomic E-state index is 0. The molecule has 4 aromatic rings. The molecule has 43 heavy (non-hydrogen) atoms. The molecule has 0 unspecified atom stereocenters. The van der Waals surface area contributed by atoms with Crippen LogP contribution in [0.4, 0.5) is 17.5 Å². The Bertz CT molecular complexity index is 1400. The molecule has 0 atom stereocenters. The van der Waals surface area contributed by atoms with Gasteiger partial charge in [-0.1, -0.05) is 29.3 Å². The Labute approximate surface area is 301 Å². The van der Waals surface area contributed by atoms with E-state index in [1.807, 2.05) is 66.7 Å². The first-order valence-corrected chi connectivity index (χ1v) is 14.1.